The first-order valence-corrected chi connectivity index (χ1v) is 6.06. The van der Waals surface area contributed by atoms with Crippen LogP contribution in [-0.4, -0.2) is 13.0 Å². The molecule has 0 spiro atoms. The Bertz CT molecular complexity index is 520. The van der Waals surface area contributed by atoms with E-state index in [4.69, 9.17) is 4.74 Å². The average Bonchev–Trinajstić information content (AvgIpc) is 2.28. The number of hydrogen-bond donors (Lipinski definition) is 1. The van der Waals surface area contributed by atoms with Gasteiger partial charge < -0.3 is 10.1 Å². The van der Waals surface area contributed by atoms with E-state index in [1.54, 1.807) is 13.2 Å². The van der Waals surface area contributed by atoms with Crippen LogP contribution < -0.4 is 10.1 Å². The van der Waals surface area contributed by atoms with Gasteiger partial charge >= 0.3 is 0 Å². The van der Waals surface area contributed by atoms with Gasteiger partial charge in [0.15, 0.2) is 0 Å². The third-order valence-electron chi connectivity index (χ3n) is 3.19. The number of anilines is 1. The van der Waals surface area contributed by atoms with Crippen LogP contribution in [0, 0.1) is 5.41 Å². The number of fused-ring (bicyclic) bond motifs is 1. The van der Waals surface area contributed by atoms with Crippen molar-refractivity contribution in [3.05, 3.63) is 28.7 Å². The monoisotopic (exact) mass is 295 g/mol. The number of methoxy groups -OCH3 is 1. The van der Waals surface area contributed by atoms with Crippen LogP contribution in [0.25, 0.3) is 5.57 Å². The number of ether oxygens (including phenoxy) is 1. The minimum atomic E-state index is -0.582. The molecule has 0 bridgehead atoms. The highest BCUT2D eigenvalue weighted by atomic mass is 79.9. The fourth-order valence-corrected chi connectivity index (χ4v) is 2.32. The number of halogens is 1. The fourth-order valence-electron chi connectivity index (χ4n) is 1.82. The number of carbonyl (C=O) groups excluding carboxylic acids is 1. The molecule has 0 aliphatic carbocycles. The van der Waals surface area contributed by atoms with Crippen LogP contribution in [-0.2, 0) is 4.79 Å². The molecule has 1 amide bonds. The van der Waals surface area contributed by atoms with Gasteiger partial charge in [-0.25, -0.2) is 0 Å². The van der Waals surface area contributed by atoms with E-state index in [-0.39, 0.29) is 5.91 Å². The number of nitrogens with one attached hydrogen (secondary N) is 1. The topological polar surface area (TPSA) is 38.3 Å². The lowest BCUT2D eigenvalue weighted by Crippen LogP contribution is -2.35. The molecule has 0 radical (unpaired) electrons. The molecule has 0 atom stereocenters. The highest BCUT2D eigenvalue weighted by Crippen LogP contribution is 2.45. The molecule has 1 aliphatic rings. The molecule has 1 aromatic rings. The van der Waals surface area contributed by atoms with Crippen molar-refractivity contribution < 1.29 is 9.53 Å². The van der Waals surface area contributed by atoms with E-state index in [1.165, 1.54) is 0 Å². The van der Waals surface area contributed by atoms with Gasteiger partial charge in [0.05, 0.1) is 22.7 Å². The molecule has 1 N–H and O–H groups in total. The predicted octanol–water partition coefficient (Wildman–Crippen LogP) is 3.45. The molecular formula is C13H14BrNO2. The maximum atomic E-state index is 11.9. The largest absolute Gasteiger partial charge is 0.495 e. The summed E-state index contributed by atoms with van der Waals surface area (Å²) in [5.74, 6) is 0.649. The molecule has 4 heteroatoms. The summed E-state index contributed by atoms with van der Waals surface area (Å²) in [5.41, 5.74) is 1.93. The normalized spacial score (nSPS) is 17.4. The van der Waals surface area contributed by atoms with Gasteiger partial charge in [0.25, 0.3) is 0 Å². The molecule has 3 nitrogen and oxygen atoms in total. The second-order valence-corrected chi connectivity index (χ2v) is 5.44. The SMILES string of the molecule is C=C1c2cc(Br)c(OC)cc2NC(=O)C1(C)C. The van der Waals surface area contributed by atoms with Crippen LogP contribution in [0.1, 0.15) is 19.4 Å². The van der Waals surface area contributed by atoms with E-state index >= 15 is 0 Å². The number of hydrogen-bond acceptors (Lipinski definition) is 2. The summed E-state index contributed by atoms with van der Waals surface area (Å²) in [4.78, 5) is 11.9. The van der Waals surface area contributed by atoms with Gasteiger partial charge in [0.1, 0.15) is 5.75 Å². The second-order valence-electron chi connectivity index (χ2n) is 4.59. The van der Waals surface area contributed by atoms with Crippen LogP contribution in [0.5, 0.6) is 5.75 Å². The molecule has 1 heterocycles. The van der Waals surface area contributed by atoms with Crippen molar-refractivity contribution in [3.8, 4) is 5.75 Å². The summed E-state index contributed by atoms with van der Waals surface area (Å²) < 4.78 is 6.06. The van der Waals surface area contributed by atoms with Gasteiger partial charge in [-0.15, -0.1) is 0 Å². The number of rotatable bonds is 1. The Hall–Kier alpha value is -1.29. The van der Waals surface area contributed by atoms with Crippen molar-refractivity contribution in [2.24, 2.45) is 5.41 Å². The Morgan fingerprint density at radius 2 is 2.06 bits per heavy atom. The zero-order valence-electron chi connectivity index (χ0n) is 10.1. The summed E-state index contributed by atoms with van der Waals surface area (Å²) >= 11 is 3.44. The summed E-state index contributed by atoms with van der Waals surface area (Å²) in [6.07, 6.45) is 0. The van der Waals surface area contributed by atoms with Crippen molar-refractivity contribution in [1.82, 2.24) is 0 Å². The minimum absolute atomic E-state index is 0.0422. The highest BCUT2D eigenvalue weighted by Gasteiger charge is 2.37. The zero-order valence-corrected chi connectivity index (χ0v) is 11.6. The van der Waals surface area contributed by atoms with E-state index < -0.39 is 5.41 Å². The van der Waals surface area contributed by atoms with Crippen LogP contribution >= 0.6 is 15.9 Å². The van der Waals surface area contributed by atoms with E-state index in [0.29, 0.717) is 5.75 Å². The molecular weight excluding hydrogens is 282 g/mol. The first kappa shape index (κ1) is 12.2. The Balaban J connectivity index is 2.62. The lowest BCUT2D eigenvalue weighted by atomic mass is 9.77. The first-order chi connectivity index (χ1) is 7.87. The number of amides is 1. The summed E-state index contributed by atoms with van der Waals surface area (Å²) in [6.45, 7) is 7.77. The average molecular weight is 296 g/mol. The second kappa shape index (κ2) is 3.88. The molecule has 0 saturated heterocycles. The third kappa shape index (κ3) is 1.76. The van der Waals surface area contributed by atoms with E-state index in [2.05, 4.69) is 27.8 Å². The van der Waals surface area contributed by atoms with Crippen molar-refractivity contribution in [2.75, 3.05) is 12.4 Å². The van der Waals surface area contributed by atoms with Crippen LogP contribution in [0.3, 0.4) is 0 Å². The van der Waals surface area contributed by atoms with Crippen LogP contribution in [0.15, 0.2) is 23.2 Å². The maximum Gasteiger partial charge on any atom is 0.234 e. The molecule has 0 unspecified atom stereocenters. The van der Waals surface area contributed by atoms with Gasteiger partial charge in [-0.1, -0.05) is 6.58 Å². The van der Waals surface area contributed by atoms with Gasteiger partial charge in [-0.3, -0.25) is 4.79 Å². The van der Waals surface area contributed by atoms with Crippen molar-refractivity contribution in [2.45, 2.75) is 13.8 Å². The van der Waals surface area contributed by atoms with E-state index in [0.717, 1.165) is 21.3 Å². The highest BCUT2D eigenvalue weighted by molar-refractivity contribution is 9.10. The lowest BCUT2D eigenvalue weighted by molar-refractivity contribution is -0.121. The van der Waals surface area contributed by atoms with Crippen molar-refractivity contribution in [3.63, 3.8) is 0 Å². The lowest BCUT2D eigenvalue weighted by Gasteiger charge is -2.33. The van der Waals surface area contributed by atoms with Crippen LogP contribution in [0.2, 0.25) is 0 Å². The van der Waals surface area contributed by atoms with E-state index in [1.807, 2.05) is 19.9 Å². The standard InChI is InChI=1S/C13H14BrNO2/c1-7-8-5-9(14)11(17-4)6-10(8)15-12(16)13(7,2)3/h5-6H,1H2,2-4H3,(H,15,16). The fraction of sp³-hybridized carbons (Fsp3) is 0.308. The third-order valence-corrected chi connectivity index (χ3v) is 3.81. The Morgan fingerprint density at radius 3 is 2.65 bits per heavy atom. The summed E-state index contributed by atoms with van der Waals surface area (Å²) in [5, 5.41) is 2.88. The van der Waals surface area contributed by atoms with E-state index in [9.17, 15) is 4.79 Å². The number of carbonyl (C=O) groups is 1. The maximum absolute atomic E-state index is 11.9. The Morgan fingerprint density at radius 1 is 1.41 bits per heavy atom. The number of benzene rings is 1. The zero-order chi connectivity index (χ0) is 12.8. The minimum Gasteiger partial charge on any atom is -0.495 e. The van der Waals surface area contributed by atoms with Gasteiger partial charge in [-0.2, -0.15) is 0 Å². The van der Waals surface area contributed by atoms with Gasteiger partial charge in [0.2, 0.25) is 5.91 Å². The van der Waals surface area contributed by atoms with Crippen LogP contribution in [0.4, 0.5) is 5.69 Å². The van der Waals surface area contributed by atoms with Gasteiger partial charge in [-0.05, 0) is 41.4 Å². The molecule has 1 aromatic carbocycles. The molecule has 0 fully saturated rings. The van der Waals surface area contributed by atoms with Gasteiger partial charge in [0, 0.05) is 11.6 Å². The first-order valence-electron chi connectivity index (χ1n) is 5.26. The molecule has 0 saturated carbocycles. The molecule has 1 aliphatic heterocycles. The molecule has 90 valence electrons. The predicted molar refractivity (Wildman–Crippen MR) is 72.1 cm³/mol. The van der Waals surface area contributed by atoms with Crippen molar-refractivity contribution >= 4 is 33.1 Å². The molecule has 0 aromatic heterocycles. The molecule has 17 heavy (non-hydrogen) atoms. The summed E-state index contributed by atoms with van der Waals surface area (Å²) in [7, 11) is 1.59. The quantitative estimate of drug-likeness (QED) is 0.862. The van der Waals surface area contributed by atoms with Crippen molar-refractivity contribution in [1.29, 1.82) is 0 Å². The Labute approximate surface area is 109 Å². The Kier molecular flexibility index (Phi) is 2.78. The smallest absolute Gasteiger partial charge is 0.234 e. The summed E-state index contributed by atoms with van der Waals surface area (Å²) in [6, 6.07) is 3.73. The molecule has 2 rings (SSSR count).